The van der Waals surface area contributed by atoms with E-state index in [1.807, 2.05) is 60.4 Å². The van der Waals surface area contributed by atoms with Gasteiger partial charge in [-0.15, -0.1) is 0 Å². The van der Waals surface area contributed by atoms with Gasteiger partial charge in [0.2, 0.25) is 0 Å². The topological polar surface area (TPSA) is 82.7 Å². The molecule has 5 rings (SSSR count). The van der Waals surface area contributed by atoms with Gasteiger partial charge >= 0.3 is 0 Å². The van der Waals surface area contributed by atoms with Crippen LogP contribution in [0.2, 0.25) is 0 Å². The minimum atomic E-state index is -0.217. The van der Waals surface area contributed by atoms with Gasteiger partial charge in [0.25, 0.3) is 5.91 Å². The highest BCUT2D eigenvalue weighted by atomic mass is 16.3. The maximum Gasteiger partial charge on any atom is 0.258 e. The Kier molecular flexibility index (Phi) is 4.18. The maximum atomic E-state index is 13.3. The lowest BCUT2D eigenvalue weighted by molar-refractivity contribution is 0.0575. The van der Waals surface area contributed by atoms with Crippen LogP contribution in [-0.2, 0) is 6.54 Å². The fourth-order valence-electron chi connectivity index (χ4n) is 4.10. The summed E-state index contributed by atoms with van der Waals surface area (Å²) in [6.45, 7) is 3.03. The molecule has 28 heavy (non-hydrogen) atoms. The molecule has 0 bridgehead atoms. The van der Waals surface area contributed by atoms with Crippen molar-refractivity contribution in [2.24, 2.45) is 5.92 Å². The lowest BCUT2D eigenvalue weighted by Gasteiger charge is -2.41. The average molecular weight is 378 g/mol. The lowest BCUT2D eigenvalue weighted by Crippen LogP contribution is -2.53. The third-order valence-electron chi connectivity index (χ3n) is 5.46. The monoisotopic (exact) mass is 378 g/mol. The number of amides is 1. The van der Waals surface area contributed by atoms with Crippen LogP contribution in [0.1, 0.15) is 33.7 Å². The maximum absolute atomic E-state index is 13.3. The molecule has 1 amide bonds. The Morgan fingerprint density at radius 1 is 1.14 bits per heavy atom. The van der Waals surface area contributed by atoms with Crippen LogP contribution in [-0.4, -0.2) is 23.5 Å². The number of hydrogen-bond donors (Lipinski definition) is 3. The van der Waals surface area contributed by atoms with Gasteiger partial charge in [-0.25, -0.2) is 5.43 Å². The Balaban J connectivity index is 1.52. The van der Waals surface area contributed by atoms with E-state index >= 15 is 0 Å². The Hall–Kier alpha value is -3.03. The number of carbonyl (C=O) groups is 1. The van der Waals surface area contributed by atoms with Crippen molar-refractivity contribution in [3.63, 3.8) is 0 Å². The molecule has 2 aliphatic rings. The molecular formula is C21H22N4O3. The lowest BCUT2D eigenvalue weighted by atomic mass is 9.92. The molecule has 7 heteroatoms. The van der Waals surface area contributed by atoms with Crippen molar-refractivity contribution in [1.82, 2.24) is 15.8 Å². The van der Waals surface area contributed by atoms with Gasteiger partial charge in [0, 0.05) is 18.2 Å². The van der Waals surface area contributed by atoms with Crippen LogP contribution >= 0.6 is 0 Å². The molecule has 2 aliphatic heterocycles. The molecule has 0 radical (unpaired) electrons. The Morgan fingerprint density at radius 3 is 2.82 bits per heavy atom. The Morgan fingerprint density at radius 2 is 2.04 bits per heavy atom. The second kappa shape index (κ2) is 6.85. The summed E-state index contributed by atoms with van der Waals surface area (Å²) >= 11 is 0. The minimum Gasteiger partial charge on any atom is -0.467 e. The standard InChI is InChI=1S/C21H22N4O3/c1-13-8-9-18(28-13)19-16(11-22-24-19)20-23-17-7-3-2-6-15(17)21(26)25(20)12-14-5-4-10-27-14/h2-10,16,19-20,22-24H,11-12H2,1H3. The molecule has 3 unspecified atom stereocenters. The van der Waals surface area contributed by atoms with E-state index in [0.717, 1.165) is 23.0 Å². The first kappa shape index (κ1) is 17.1. The number of furan rings is 2. The predicted octanol–water partition coefficient (Wildman–Crippen LogP) is 3.04. The average Bonchev–Trinajstić information content (AvgIpc) is 3.45. The largest absolute Gasteiger partial charge is 0.467 e. The summed E-state index contributed by atoms with van der Waals surface area (Å²) in [6.07, 6.45) is 1.41. The van der Waals surface area contributed by atoms with Gasteiger partial charge in [-0.05, 0) is 43.3 Å². The summed E-state index contributed by atoms with van der Waals surface area (Å²) in [6, 6.07) is 15.3. The van der Waals surface area contributed by atoms with Crippen LogP contribution in [0.25, 0.3) is 0 Å². The van der Waals surface area contributed by atoms with E-state index in [1.54, 1.807) is 6.26 Å². The van der Waals surface area contributed by atoms with Gasteiger partial charge in [0.1, 0.15) is 23.4 Å². The van der Waals surface area contributed by atoms with Crippen LogP contribution in [0.4, 0.5) is 5.69 Å². The van der Waals surface area contributed by atoms with Gasteiger partial charge in [-0.3, -0.25) is 10.2 Å². The molecular weight excluding hydrogens is 356 g/mol. The Bertz CT molecular complexity index is 981. The summed E-state index contributed by atoms with van der Waals surface area (Å²) in [4.78, 5) is 15.2. The molecule has 3 atom stereocenters. The normalized spacial score (nSPS) is 24.2. The summed E-state index contributed by atoms with van der Waals surface area (Å²) in [5.41, 5.74) is 8.07. The van der Waals surface area contributed by atoms with E-state index in [2.05, 4.69) is 16.2 Å². The Labute approximate surface area is 162 Å². The number of hydrazine groups is 1. The number of para-hydroxylation sites is 1. The van der Waals surface area contributed by atoms with E-state index in [9.17, 15) is 4.79 Å². The van der Waals surface area contributed by atoms with Crippen molar-refractivity contribution in [2.75, 3.05) is 11.9 Å². The van der Waals surface area contributed by atoms with Crippen molar-refractivity contribution in [3.8, 4) is 0 Å². The van der Waals surface area contributed by atoms with Crippen LogP contribution in [0, 0.1) is 12.8 Å². The quantitative estimate of drug-likeness (QED) is 0.647. The molecule has 2 aromatic heterocycles. The summed E-state index contributed by atoms with van der Waals surface area (Å²) in [5.74, 6) is 2.55. The molecule has 1 saturated heterocycles. The molecule has 144 valence electrons. The number of nitrogens with zero attached hydrogens (tertiary/aromatic N) is 1. The SMILES string of the molecule is Cc1ccc(C2NNCC2C2Nc3ccccc3C(=O)N2Cc2ccco2)o1. The molecule has 0 aliphatic carbocycles. The van der Waals surface area contributed by atoms with Gasteiger partial charge in [0.05, 0.1) is 24.4 Å². The number of benzene rings is 1. The first-order chi connectivity index (χ1) is 13.7. The molecule has 4 heterocycles. The van der Waals surface area contributed by atoms with E-state index in [1.165, 1.54) is 0 Å². The van der Waals surface area contributed by atoms with Crippen molar-refractivity contribution in [3.05, 3.63) is 77.6 Å². The van der Waals surface area contributed by atoms with Crippen molar-refractivity contribution in [2.45, 2.75) is 25.7 Å². The number of hydrogen-bond acceptors (Lipinski definition) is 6. The van der Waals surface area contributed by atoms with Crippen LogP contribution in [0.3, 0.4) is 0 Å². The zero-order valence-electron chi connectivity index (χ0n) is 15.5. The predicted molar refractivity (Wildman–Crippen MR) is 103 cm³/mol. The number of nitrogens with one attached hydrogen (secondary N) is 3. The van der Waals surface area contributed by atoms with Gasteiger partial charge in [-0.1, -0.05) is 12.1 Å². The molecule has 1 aromatic carbocycles. The number of rotatable bonds is 4. The van der Waals surface area contributed by atoms with Crippen LogP contribution in [0.5, 0.6) is 0 Å². The van der Waals surface area contributed by atoms with E-state index < -0.39 is 0 Å². The van der Waals surface area contributed by atoms with E-state index in [0.29, 0.717) is 18.7 Å². The number of fused-ring (bicyclic) bond motifs is 1. The summed E-state index contributed by atoms with van der Waals surface area (Å²) in [5, 5.41) is 3.58. The fourth-order valence-corrected chi connectivity index (χ4v) is 4.10. The number of carbonyl (C=O) groups excluding carboxylic acids is 1. The molecule has 1 fully saturated rings. The molecule has 3 N–H and O–H groups in total. The smallest absolute Gasteiger partial charge is 0.258 e. The van der Waals surface area contributed by atoms with Crippen LogP contribution in [0.15, 0.2) is 63.6 Å². The highest BCUT2D eigenvalue weighted by molar-refractivity contribution is 6.01. The minimum absolute atomic E-state index is 0.00275. The second-order valence-electron chi connectivity index (χ2n) is 7.26. The van der Waals surface area contributed by atoms with Crippen molar-refractivity contribution < 1.29 is 13.6 Å². The third kappa shape index (κ3) is 2.89. The van der Waals surface area contributed by atoms with Crippen LogP contribution < -0.4 is 16.2 Å². The van der Waals surface area contributed by atoms with E-state index in [-0.39, 0.29) is 24.0 Å². The fraction of sp³-hybridized carbons (Fsp3) is 0.286. The van der Waals surface area contributed by atoms with Gasteiger partial charge in [0.15, 0.2) is 0 Å². The highest BCUT2D eigenvalue weighted by Gasteiger charge is 2.43. The zero-order valence-corrected chi connectivity index (χ0v) is 15.5. The molecule has 0 spiro atoms. The molecule has 7 nitrogen and oxygen atoms in total. The number of aryl methyl sites for hydroxylation is 1. The number of anilines is 1. The highest BCUT2D eigenvalue weighted by Crippen LogP contribution is 2.36. The van der Waals surface area contributed by atoms with Crippen molar-refractivity contribution >= 4 is 11.6 Å². The van der Waals surface area contributed by atoms with E-state index in [4.69, 9.17) is 8.83 Å². The summed E-state index contributed by atoms with van der Waals surface area (Å²) < 4.78 is 11.4. The zero-order chi connectivity index (χ0) is 19.1. The van der Waals surface area contributed by atoms with Gasteiger partial charge < -0.3 is 19.1 Å². The van der Waals surface area contributed by atoms with Crippen molar-refractivity contribution in [1.29, 1.82) is 0 Å². The van der Waals surface area contributed by atoms with Gasteiger partial charge in [-0.2, -0.15) is 0 Å². The molecule has 3 aromatic rings. The molecule has 0 saturated carbocycles. The summed E-state index contributed by atoms with van der Waals surface area (Å²) in [7, 11) is 0. The second-order valence-corrected chi connectivity index (χ2v) is 7.26. The first-order valence-electron chi connectivity index (χ1n) is 9.44. The third-order valence-corrected chi connectivity index (χ3v) is 5.46. The first-order valence-corrected chi connectivity index (χ1v) is 9.44.